The van der Waals surface area contributed by atoms with Gasteiger partial charge in [-0.2, -0.15) is 11.8 Å². The molecule has 11 heteroatoms. The van der Waals surface area contributed by atoms with Gasteiger partial charge in [0.25, 0.3) is 0 Å². The highest BCUT2D eigenvalue weighted by Gasteiger charge is 2.30. The van der Waals surface area contributed by atoms with Crippen molar-refractivity contribution >= 4 is 35.5 Å². The highest BCUT2D eigenvalue weighted by molar-refractivity contribution is 7.98. The first-order valence-electron chi connectivity index (χ1n) is 8.54. The normalized spacial score (nSPS) is 15.4. The van der Waals surface area contributed by atoms with Crippen LogP contribution in [0.25, 0.3) is 0 Å². The van der Waals surface area contributed by atoms with Crippen molar-refractivity contribution in [2.45, 2.75) is 51.4 Å². The lowest BCUT2D eigenvalue weighted by Gasteiger charge is -2.25. The van der Waals surface area contributed by atoms with Gasteiger partial charge in [0, 0.05) is 0 Å². The van der Waals surface area contributed by atoms with Crippen LogP contribution >= 0.6 is 11.8 Å². The SMILES string of the molecule is CSCCC(NC(=O)C(CO)NC(=O)C(NC(=O)C(C)N)C(C)C)C(=O)O. The van der Waals surface area contributed by atoms with Crippen molar-refractivity contribution in [1.82, 2.24) is 16.0 Å². The summed E-state index contributed by atoms with van der Waals surface area (Å²) in [5, 5.41) is 25.7. The maximum atomic E-state index is 12.4. The predicted octanol–water partition coefficient (Wildman–Crippen LogP) is -1.73. The Morgan fingerprint density at radius 1 is 0.963 bits per heavy atom. The molecule has 0 aromatic heterocycles. The Balaban J connectivity index is 5.04. The zero-order valence-corrected chi connectivity index (χ0v) is 16.8. The van der Waals surface area contributed by atoms with Crippen LogP contribution in [0.1, 0.15) is 27.2 Å². The molecule has 0 aliphatic heterocycles. The third-order valence-corrected chi connectivity index (χ3v) is 4.35. The fourth-order valence-corrected chi connectivity index (χ4v) is 2.51. The molecule has 0 aliphatic carbocycles. The van der Waals surface area contributed by atoms with Crippen LogP contribution in [0.5, 0.6) is 0 Å². The van der Waals surface area contributed by atoms with Gasteiger partial charge in [-0.25, -0.2) is 4.79 Å². The molecule has 0 saturated carbocycles. The van der Waals surface area contributed by atoms with Crippen LogP contribution < -0.4 is 21.7 Å². The zero-order chi connectivity index (χ0) is 21.1. The van der Waals surface area contributed by atoms with Crippen molar-refractivity contribution in [2.24, 2.45) is 11.7 Å². The summed E-state index contributed by atoms with van der Waals surface area (Å²) in [6, 6.07) is -4.25. The Bertz CT molecular complexity index is 529. The number of carbonyl (C=O) groups excluding carboxylic acids is 3. The van der Waals surface area contributed by atoms with Crippen molar-refractivity contribution in [3.63, 3.8) is 0 Å². The molecule has 0 radical (unpaired) electrons. The molecule has 3 amide bonds. The summed E-state index contributed by atoms with van der Waals surface area (Å²) < 4.78 is 0. The number of amides is 3. The van der Waals surface area contributed by atoms with Crippen LogP contribution in [0.15, 0.2) is 0 Å². The summed E-state index contributed by atoms with van der Waals surface area (Å²) in [5.41, 5.74) is 5.48. The Kier molecular flexibility index (Phi) is 11.7. The summed E-state index contributed by atoms with van der Waals surface area (Å²) in [5.74, 6) is -3.01. The Morgan fingerprint density at radius 2 is 1.52 bits per heavy atom. The molecular formula is C16H30N4O6S. The second-order valence-corrected chi connectivity index (χ2v) is 7.43. The molecule has 0 rings (SSSR count). The molecule has 10 nitrogen and oxygen atoms in total. The topological polar surface area (TPSA) is 171 Å². The highest BCUT2D eigenvalue weighted by Crippen LogP contribution is 2.04. The van der Waals surface area contributed by atoms with Gasteiger partial charge in [-0.15, -0.1) is 0 Å². The third kappa shape index (κ3) is 9.07. The maximum Gasteiger partial charge on any atom is 0.326 e. The molecule has 0 fully saturated rings. The van der Waals surface area contributed by atoms with E-state index in [1.807, 2.05) is 0 Å². The van der Waals surface area contributed by atoms with Gasteiger partial charge in [0.15, 0.2) is 0 Å². The molecule has 4 unspecified atom stereocenters. The van der Waals surface area contributed by atoms with Crippen LogP contribution in [0, 0.1) is 5.92 Å². The fraction of sp³-hybridized carbons (Fsp3) is 0.750. The minimum Gasteiger partial charge on any atom is -0.480 e. The van der Waals surface area contributed by atoms with Crippen molar-refractivity contribution in [3.8, 4) is 0 Å². The molecule has 4 atom stereocenters. The van der Waals surface area contributed by atoms with E-state index >= 15 is 0 Å². The first-order valence-corrected chi connectivity index (χ1v) is 9.93. The summed E-state index contributed by atoms with van der Waals surface area (Å²) in [6.45, 7) is 4.14. The molecule has 0 spiro atoms. The third-order valence-electron chi connectivity index (χ3n) is 3.70. The number of thioether (sulfide) groups is 1. The molecule has 0 aromatic carbocycles. The lowest BCUT2D eigenvalue weighted by atomic mass is 10.0. The molecule has 0 heterocycles. The van der Waals surface area contributed by atoms with E-state index in [4.69, 9.17) is 10.8 Å². The summed E-state index contributed by atoms with van der Waals surface area (Å²) in [7, 11) is 0. The van der Waals surface area contributed by atoms with E-state index < -0.39 is 54.5 Å². The fourth-order valence-electron chi connectivity index (χ4n) is 2.04. The van der Waals surface area contributed by atoms with Gasteiger partial charge in [-0.3, -0.25) is 14.4 Å². The number of aliphatic hydroxyl groups excluding tert-OH is 1. The number of hydrogen-bond acceptors (Lipinski definition) is 7. The van der Waals surface area contributed by atoms with Gasteiger partial charge in [0.1, 0.15) is 18.1 Å². The van der Waals surface area contributed by atoms with Gasteiger partial charge in [0.2, 0.25) is 17.7 Å². The van der Waals surface area contributed by atoms with Gasteiger partial charge in [-0.05, 0) is 31.3 Å². The average molecular weight is 407 g/mol. The number of nitrogens with two attached hydrogens (primary N) is 1. The maximum absolute atomic E-state index is 12.4. The van der Waals surface area contributed by atoms with E-state index in [0.717, 1.165) is 0 Å². The van der Waals surface area contributed by atoms with Crippen LogP contribution in [0.2, 0.25) is 0 Å². The predicted molar refractivity (Wildman–Crippen MR) is 102 cm³/mol. The first kappa shape index (κ1) is 25.1. The molecule has 7 N–H and O–H groups in total. The molecule has 0 aliphatic rings. The number of nitrogens with one attached hydrogen (secondary N) is 3. The van der Waals surface area contributed by atoms with E-state index in [1.54, 1.807) is 20.1 Å². The van der Waals surface area contributed by atoms with E-state index in [1.165, 1.54) is 18.7 Å². The smallest absolute Gasteiger partial charge is 0.326 e. The average Bonchev–Trinajstić information content (AvgIpc) is 2.59. The summed E-state index contributed by atoms with van der Waals surface area (Å²) >= 11 is 1.43. The van der Waals surface area contributed by atoms with Gasteiger partial charge in [-0.1, -0.05) is 13.8 Å². The number of hydrogen-bond donors (Lipinski definition) is 6. The van der Waals surface area contributed by atoms with Crippen LogP contribution in [-0.4, -0.2) is 76.7 Å². The van der Waals surface area contributed by atoms with E-state index in [-0.39, 0.29) is 12.3 Å². The summed E-state index contributed by atoms with van der Waals surface area (Å²) in [4.78, 5) is 47.7. The van der Waals surface area contributed by atoms with Gasteiger partial charge >= 0.3 is 5.97 Å². The number of aliphatic carboxylic acids is 1. The lowest BCUT2D eigenvalue weighted by molar-refractivity contribution is -0.142. The summed E-state index contributed by atoms with van der Waals surface area (Å²) in [6.07, 6.45) is 2.01. The molecule has 0 bridgehead atoms. The van der Waals surface area contributed by atoms with E-state index in [2.05, 4.69) is 16.0 Å². The van der Waals surface area contributed by atoms with Gasteiger partial charge < -0.3 is 31.9 Å². The van der Waals surface area contributed by atoms with Crippen LogP contribution in [0.4, 0.5) is 0 Å². The molecule has 0 aromatic rings. The highest BCUT2D eigenvalue weighted by atomic mass is 32.2. The Hall–Kier alpha value is -1.85. The number of aliphatic hydroxyl groups is 1. The molecule has 156 valence electrons. The molecule has 27 heavy (non-hydrogen) atoms. The van der Waals surface area contributed by atoms with E-state index in [9.17, 15) is 24.3 Å². The monoisotopic (exact) mass is 406 g/mol. The number of rotatable bonds is 12. The number of carboxylic acid groups (broad SMARTS) is 1. The quantitative estimate of drug-likeness (QED) is 0.222. The Morgan fingerprint density at radius 3 is 1.93 bits per heavy atom. The van der Waals surface area contributed by atoms with Crippen LogP contribution in [-0.2, 0) is 19.2 Å². The first-order chi connectivity index (χ1) is 12.5. The minimum atomic E-state index is -1.35. The van der Waals surface area contributed by atoms with Gasteiger partial charge in [0.05, 0.1) is 12.6 Å². The molecule has 0 saturated heterocycles. The zero-order valence-electron chi connectivity index (χ0n) is 16.0. The second-order valence-electron chi connectivity index (χ2n) is 6.44. The van der Waals surface area contributed by atoms with Crippen molar-refractivity contribution in [3.05, 3.63) is 0 Å². The minimum absolute atomic E-state index is 0.202. The van der Waals surface area contributed by atoms with Crippen molar-refractivity contribution < 1.29 is 29.4 Å². The van der Waals surface area contributed by atoms with E-state index in [0.29, 0.717) is 5.75 Å². The Labute approximate surface area is 163 Å². The standard InChI is InChI=1S/C16H30N4O6S/c1-8(2)12(20-13(22)9(3)17)15(24)19-11(7-21)14(23)18-10(16(25)26)5-6-27-4/h8-12,21H,5-7,17H2,1-4H3,(H,18,23)(H,19,24)(H,20,22)(H,25,26). The largest absolute Gasteiger partial charge is 0.480 e. The van der Waals surface area contributed by atoms with Crippen molar-refractivity contribution in [2.75, 3.05) is 18.6 Å². The van der Waals surface area contributed by atoms with Crippen LogP contribution in [0.3, 0.4) is 0 Å². The molecular weight excluding hydrogens is 376 g/mol. The number of carboxylic acids is 1. The second kappa shape index (κ2) is 12.5. The number of carbonyl (C=O) groups is 4. The van der Waals surface area contributed by atoms with Crippen molar-refractivity contribution in [1.29, 1.82) is 0 Å². The lowest BCUT2D eigenvalue weighted by Crippen LogP contribution is -2.59.